The van der Waals surface area contributed by atoms with Crippen molar-refractivity contribution in [1.29, 1.82) is 0 Å². The molecule has 18 rings (SSSR count). The van der Waals surface area contributed by atoms with E-state index in [1.54, 1.807) is 0 Å². The number of carbonyl (C=O) groups is 3. The normalized spacial score (nSPS) is 39.8. The summed E-state index contributed by atoms with van der Waals surface area (Å²) in [5.41, 5.74) is 1.89. The van der Waals surface area contributed by atoms with Gasteiger partial charge in [0.1, 0.15) is 63.7 Å². The zero-order chi connectivity index (χ0) is 82.4. The summed E-state index contributed by atoms with van der Waals surface area (Å²) in [6.07, 6.45) is 15.1. The fraction of sp³-hybridized carbons (Fsp3) is 0.764. The van der Waals surface area contributed by atoms with Crippen LogP contribution in [0.4, 0.5) is 39.5 Å². The Labute approximate surface area is 689 Å². The summed E-state index contributed by atoms with van der Waals surface area (Å²) in [6, 6.07) is 11.5. The third-order valence-electron chi connectivity index (χ3n) is 33.6. The van der Waals surface area contributed by atoms with E-state index in [1.165, 1.54) is 116 Å². The number of halogens is 10. The maximum atomic E-state index is 13.7. The third kappa shape index (κ3) is 17.2. The molecule has 648 valence electrons. The molecule has 0 spiro atoms. The molecule has 12 saturated carbocycles. The molecule has 3 aromatic carbocycles. The first kappa shape index (κ1) is 88.8. The molecule has 3 heterocycles. The van der Waals surface area contributed by atoms with E-state index in [4.69, 9.17) is 0 Å². The fourth-order valence-electron chi connectivity index (χ4n) is 28.0. The van der Waals surface area contributed by atoms with Crippen molar-refractivity contribution in [3.05, 3.63) is 54.6 Å². The predicted octanol–water partition coefficient (Wildman–Crippen LogP) is 21.1. The Morgan fingerprint density at radius 1 is 0.419 bits per heavy atom. The number of aromatic amines is 1. The van der Waals surface area contributed by atoms with Crippen LogP contribution in [0.1, 0.15) is 251 Å². The summed E-state index contributed by atoms with van der Waals surface area (Å²) in [6.45, 7) is 20.6. The summed E-state index contributed by atoms with van der Waals surface area (Å²) < 4.78 is 124. The highest BCUT2D eigenvalue weighted by Gasteiger charge is 2.66. The molecule has 12 aliphatic rings. The number of carbonyl (C=O) groups excluding carboxylic acids is 3. The minimum Gasteiger partial charge on any atom is -0.406 e. The van der Waals surface area contributed by atoms with Gasteiger partial charge in [-0.15, -0.1) is 44.6 Å². The highest BCUT2D eigenvalue weighted by atomic mass is 79.9. The second kappa shape index (κ2) is 32.0. The van der Waals surface area contributed by atoms with Gasteiger partial charge in [0.25, 0.3) is 0 Å². The van der Waals surface area contributed by atoms with Gasteiger partial charge in [0.05, 0.1) is 27.6 Å². The first-order valence-corrected chi connectivity index (χ1v) is 43.5. The minimum atomic E-state index is -4.79. The van der Waals surface area contributed by atoms with E-state index in [2.05, 4.69) is 108 Å². The molecule has 4 N–H and O–H groups in total. The maximum absolute atomic E-state index is 13.7. The van der Waals surface area contributed by atoms with E-state index in [1.807, 2.05) is 20.8 Å². The van der Waals surface area contributed by atoms with Gasteiger partial charge in [0.15, 0.2) is 11.6 Å². The molecule has 24 atom stereocenters. The number of alkyl halides is 10. The van der Waals surface area contributed by atoms with Gasteiger partial charge < -0.3 is 29.5 Å². The molecule has 0 unspecified atom stereocenters. The molecule has 0 radical (unpaired) electrons. The van der Waals surface area contributed by atoms with E-state index in [9.17, 15) is 69.2 Å². The van der Waals surface area contributed by atoms with E-state index < -0.39 is 35.9 Å². The molecule has 3 aromatic heterocycles. The van der Waals surface area contributed by atoms with Crippen LogP contribution in [-0.2, 0) is 27.5 Å². The third-order valence-corrected chi connectivity index (χ3v) is 34.2. The van der Waals surface area contributed by atoms with Crippen LogP contribution in [-0.4, -0.2) is 119 Å². The average Bonchev–Trinajstić information content (AvgIpc) is 1.68. The molecule has 0 saturated heterocycles. The Morgan fingerprint density at radius 2 is 0.769 bits per heavy atom. The Bertz CT molecular complexity index is 4580. The van der Waals surface area contributed by atoms with Gasteiger partial charge in [0.2, 0.25) is 0 Å². The zero-order valence-corrected chi connectivity index (χ0v) is 69.3. The maximum Gasteiger partial charge on any atom is 0.573 e. The van der Waals surface area contributed by atoms with Gasteiger partial charge in [-0.05, 0) is 334 Å². The number of hydrogen-bond donors (Lipinski definition) is 4. The molecule has 0 aliphatic heterocycles. The molecule has 18 nitrogen and oxygen atoms in total. The van der Waals surface area contributed by atoms with Crippen molar-refractivity contribution in [3.63, 3.8) is 0 Å². The van der Waals surface area contributed by atoms with Gasteiger partial charge in [-0.25, -0.2) is 4.68 Å². The van der Waals surface area contributed by atoms with E-state index in [-0.39, 0.29) is 107 Å². The van der Waals surface area contributed by atoms with E-state index in [0.29, 0.717) is 97.4 Å². The van der Waals surface area contributed by atoms with Gasteiger partial charge in [-0.3, -0.25) is 14.4 Å². The average molecular weight is 1710 g/mol. The number of fused-ring (bicyclic) bond motifs is 18. The standard InChI is InChI=1S/2C29H38F3N3O3.C22H35BrO2.C7H4F3N3O.2CH4/c1-26(37)12-13-27(2)17(15-26)4-6-19-20-7-8-22(28(20,3)11-10-21(19)27)25(36)16-35-24-14-18(38-29(30,31)32)5-9-23(24)33-34-35;1-26(37)12-13-27(2)17(15-26)4-6-19-20-7-8-22(28(20,3)11-10-21(19)27)25(36)16-35-33-23-9-5-18(14-24(23)34-35)38-29(30,31)32;1-20(25)10-11-21(2)14(12-20)4-5-15-16-6-7-18(19(24)13-23)22(16,3)9-8-17(15)21;8-7(9,10)14-4-1-2-5-6(3-4)12-13-11-5;;/h2*5,9,14,17,19-22,37H,4,6-8,10-13,15-16H2,1-3H3;14-18,25H,4-13H2,1-3H3;1-3H,(H,11,12,13);2*1H4/t2*17-,19+,20+,21+,22-,26-,27+,28+;14-,15+,16+,17+,18-,20-,21+,22+;;;/m111.../s1. The molecule has 0 amide bonds. The van der Waals surface area contributed by atoms with Gasteiger partial charge in [-0.1, -0.05) is 77.5 Å². The number of aromatic nitrogens is 9. The Balaban J connectivity index is 0.000000142. The number of nitrogens with zero attached hydrogens (tertiary/aromatic N) is 8. The number of ketones is 3. The second-order valence-electron chi connectivity index (χ2n) is 40.0. The number of rotatable bonds is 11. The largest absolute Gasteiger partial charge is 0.573 e. The lowest BCUT2D eigenvalue weighted by Gasteiger charge is -2.61. The summed E-state index contributed by atoms with van der Waals surface area (Å²) in [4.78, 5) is 41.2. The van der Waals surface area contributed by atoms with Crippen molar-refractivity contribution in [1.82, 2.24) is 45.4 Å². The molecule has 117 heavy (non-hydrogen) atoms. The molecule has 28 heteroatoms. The van der Waals surface area contributed by atoms with Crippen molar-refractivity contribution >= 4 is 66.4 Å². The first-order chi connectivity index (χ1) is 53.8. The monoisotopic (exact) mass is 1710 g/mol. The van der Waals surface area contributed by atoms with Crippen LogP contribution < -0.4 is 14.2 Å². The molecule has 12 fully saturated rings. The van der Waals surface area contributed by atoms with Gasteiger partial charge in [0, 0.05) is 36.0 Å². The Kier molecular flexibility index (Phi) is 24.3. The second-order valence-corrected chi connectivity index (χ2v) is 40.6. The molecule has 12 aliphatic carbocycles. The highest BCUT2D eigenvalue weighted by molar-refractivity contribution is 9.09. The number of nitrogens with one attached hydrogen (secondary N) is 1. The number of H-pyrrole nitrogens is 1. The number of aliphatic hydroxyl groups is 3. The summed E-state index contributed by atoms with van der Waals surface area (Å²) in [7, 11) is 0. The van der Waals surface area contributed by atoms with Crippen LogP contribution >= 0.6 is 15.9 Å². The molecular weight excluding hydrogens is 1590 g/mol. The van der Waals surface area contributed by atoms with Crippen molar-refractivity contribution in [2.45, 2.75) is 300 Å². The lowest BCUT2D eigenvalue weighted by molar-refractivity contribution is -0.275. The summed E-state index contributed by atoms with van der Waals surface area (Å²) in [5.74, 6) is 7.64. The van der Waals surface area contributed by atoms with Crippen LogP contribution in [0.15, 0.2) is 54.6 Å². The van der Waals surface area contributed by atoms with Crippen LogP contribution in [0.2, 0.25) is 0 Å². The van der Waals surface area contributed by atoms with Crippen LogP contribution in [0, 0.1) is 121 Å². The van der Waals surface area contributed by atoms with Crippen LogP contribution in [0.25, 0.3) is 33.1 Å². The van der Waals surface area contributed by atoms with Gasteiger partial charge in [-0.2, -0.15) is 30.4 Å². The van der Waals surface area contributed by atoms with Crippen LogP contribution in [0.5, 0.6) is 17.2 Å². The van der Waals surface area contributed by atoms with Crippen molar-refractivity contribution in [3.8, 4) is 17.2 Å². The van der Waals surface area contributed by atoms with Gasteiger partial charge >= 0.3 is 19.1 Å². The first-order valence-electron chi connectivity index (χ1n) is 42.4. The number of ether oxygens (including phenoxy) is 3. The smallest absolute Gasteiger partial charge is 0.406 e. The van der Waals surface area contributed by atoms with Crippen molar-refractivity contribution in [2.75, 3.05) is 5.33 Å². The lowest BCUT2D eigenvalue weighted by atomic mass is 9.44. The highest BCUT2D eigenvalue weighted by Crippen LogP contribution is 2.72. The summed E-state index contributed by atoms with van der Waals surface area (Å²) in [5, 5.41) is 59.0. The summed E-state index contributed by atoms with van der Waals surface area (Å²) >= 11 is 3.43. The number of benzene rings is 3. The SMILES string of the molecule is C.C.C[C@@]1(O)CC[C@@]2(C)[C@H](CC[C@@H]3[C@@H]2CC[C@]2(C)[C@@H](C(=O)CBr)CC[C@@H]32)C1.C[C@@]1(O)CC[C@@]2(C)[C@H](CC[C@@H]3[C@@H]2CC[C@]2(C)[C@@H](C(=O)Cn4nc5ccc(OC(F)(F)F)cc5n4)CC[C@@H]32)C1.C[C@@]1(O)CC[C@@]2(C)[C@H](CC[C@@H]3[C@@H]2CC[C@]2(C)[C@@H](C(=O)Cn4nnc5ccc(OC(F)(F)F)cc54)CC[C@@H]32)C1.FC(F)(F)Oc1ccc2n[nH]nc2c1. The predicted molar refractivity (Wildman–Crippen MR) is 429 cm³/mol. The molecule has 0 bridgehead atoms. The quantitative estimate of drug-likeness (QED) is 0.0696. The fourth-order valence-corrected chi connectivity index (χ4v) is 28.4. The lowest BCUT2D eigenvalue weighted by Crippen LogP contribution is -2.55. The topological polar surface area (TPSA) is 243 Å². The molecular formula is C89H123BrF9N9O9. The zero-order valence-electron chi connectivity index (χ0n) is 67.7. The number of Topliss-reactive ketones (excluding diaryl/α,β-unsaturated/α-hetero) is 3. The minimum absolute atomic E-state index is 0. The van der Waals surface area contributed by atoms with Crippen molar-refractivity contribution in [2.24, 2.45) is 121 Å². The van der Waals surface area contributed by atoms with E-state index >= 15 is 0 Å². The van der Waals surface area contributed by atoms with Crippen molar-refractivity contribution < 1.29 is 83.4 Å². The van der Waals surface area contributed by atoms with Crippen LogP contribution in [0.3, 0.4) is 0 Å². The Morgan fingerprint density at radius 3 is 1.18 bits per heavy atom. The Hall–Kier alpha value is -6.00. The van der Waals surface area contributed by atoms with E-state index in [0.717, 1.165) is 139 Å². The molecule has 6 aromatic rings. The number of hydrogen-bond acceptors (Lipinski definition) is 15.